The van der Waals surface area contributed by atoms with E-state index < -0.39 is 15.6 Å². The Labute approximate surface area is 199 Å². The zero-order valence-corrected chi connectivity index (χ0v) is 21.1. The van der Waals surface area contributed by atoms with Gasteiger partial charge in [0, 0.05) is 0 Å². The lowest BCUT2D eigenvalue weighted by Gasteiger charge is -2.19. The van der Waals surface area contributed by atoms with Gasteiger partial charge in [-0.1, -0.05) is 0 Å². The van der Waals surface area contributed by atoms with Gasteiger partial charge < -0.3 is 28.4 Å². The van der Waals surface area contributed by atoms with Crippen molar-refractivity contribution in [3.8, 4) is 0 Å². The first-order valence-corrected chi connectivity index (χ1v) is 14.1. The summed E-state index contributed by atoms with van der Waals surface area (Å²) in [5.41, 5.74) is 0. The standard InChI is InChI=1S/C18H36O14P2/c19-33-27-13-7-21-1-2-22-8-14-28-34(20,31-17-11-25-5-3-23-9-15-29-33)32-18-12-26-6-4-24-10-16-30-33/h1-18H2. The fourth-order valence-corrected chi connectivity index (χ4v) is 4.67. The van der Waals surface area contributed by atoms with Gasteiger partial charge in [-0.3, -0.25) is 27.1 Å². The second-order valence-electron chi connectivity index (χ2n) is 6.57. The van der Waals surface area contributed by atoms with Crippen LogP contribution in [0.4, 0.5) is 0 Å². The van der Waals surface area contributed by atoms with Gasteiger partial charge in [-0.15, -0.1) is 0 Å². The smallest absolute Gasteiger partial charge is 0.377 e. The third-order valence-electron chi connectivity index (χ3n) is 3.98. The molecule has 14 nitrogen and oxygen atoms in total. The van der Waals surface area contributed by atoms with E-state index in [0.717, 1.165) is 0 Å². The van der Waals surface area contributed by atoms with Crippen LogP contribution >= 0.6 is 15.6 Å². The van der Waals surface area contributed by atoms with Crippen molar-refractivity contribution in [1.82, 2.24) is 0 Å². The van der Waals surface area contributed by atoms with Crippen molar-refractivity contribution in [2.75, 3.05) is 119 Å². The Hall–Kier alpha value is -0.0200. The van der Waals surface area contributed by atoms with E-state index in [9.17, 15) is 9.13 Å². The van der Waals surface area contributed by atoms with Crippen LogP contribution in [0.5, 0.6) is 0 Å². The summed E-state index contributed by atoms with van der Waals surface area (Å²) in [7, 11) is -7.65. The van der Waals surface area contributed by atoms with E-state index >= 15 is 0 Å². The summed E-state index contributed by atoms with van der Waals surface area (Å²) in [6.45, 7) is 2.38. The highest BCUT2D eigenvalue weighted by Crippen LogP contribution is 2.49. The van der Waals surface area contributed by atoms with Crippen LogP contribution in [0.3, 0.4) is 0 Å². The van der Waals surface area contributed by atoms with Gasteiger partial charge in [-0.25, -0.2) is 9.13 Å². The van der Waals surface area contributed by atoms with Gasteiger partial charge in [-0.2, -0.15) is 0 Å². The Morgan fingerprint density at radius 1 is 0.265 bits per heavy atom. The molecule has 0 atom stereocenters. The number of phosphoric acid groups is 2. The molecular formula is C18H36O14P2. The molecule has 0 amide bonds. The molecule has 3 aliphatic rings. The van der Waals surface area contributed by atoms with E-state index in [1.165, 1.54) is 0 Å². The van der Waals surface area contributed by atoms with Gasteiger partial charge >= 0.3 is 15.6 Å². The summed E-state index contributed by atoms with van der Waals surface area (Å²) in [5, 5.41) is 0. The molecule has 3 aliphatic heterocycles. The number of phosphoric ester groups is 2. The van der Waals surface area contributed by atoms with Gasteiger partial charge in [0.1, 0.15) is 0 Å². The summed E-state index contributed by atoms with van der Waals surface area (Å²) >= 11 is 0. The minimum Gasteiger partial charge on any atom is -0.377 e. The quantitative estimate of drug-likeness (QED) is 0.324. The van der Waals surface area contributed by atoms with Crippen molar-refractivity contribution in [3.63, 3.8) is 0 Å². The van der Waals surface area contributed by atoms with Crippen molar-refractivity contribution in [2.24, 2.45) is 0 Å². The summed E-state index contributed by atoms with van der Waals surface area (Å²) in [6.07, 6.45) is 0. The van der Waals surface area contributed by atoms with Crippen LogP contribution in [-0.4, -0.2) is 119 Å². The molecule has 16 heteroatoms. The molecule has 0 N–H and O–H groups in total. The molecule has 0 aliphatic carbocycles. The maximum atomic E-state index is 12.8. The first kappa shape index (κ1) is 30.2. The van der Waals surface area contributed by atoms with Crippen molar-refractivity contribution < 1.29 is 64.7 Å². The van der Waals surface area contributed by atoms with E-state index in [2.05, 4.69) is 0 Å². The molecular weight excluding hydrogens is 502 g/mol. The fourth-order valence-electron chi connectivity index (χ4n) is 2.44. The molecule has 0 unspecified atom stereocenters. The lowest BCUT2D eigenvalue weighted by atomic mass is 10.7. The molecule has 3 heterocycles. The molecule has 2 bridgehead atoms. The molecule has 0 spiro atoms. The molecule has 0 radical (unpaired) electrons. The van der Waals surface area contributed by atoms with E-state index in [-0.39, 0.29) is 119 Å². The van der Waals surface area contributed by atoms with E-state index in [1.807, 2.05) is 0 Å². The molecule has 3 fully saturated rings. The Balaban J connectivity index is 1.97. The highest BCUT2D eigenvalue weighted by Gasteiger charge is 2.27. The van der Waals surface area contributed by atoms with Crippen molar-refractivity contribution in [1.29, 1.82) is 0 Å². The second-order valence-corrected chi connectivity index (χ2v) is 9.91. The largest absolute Gasteiger partial charge is 0.475 e. The average molecular weight is 538 g/mol. The number of hydrogen-bond donors (Lipinski definition) is 0. The van der Waals surface area contributed by atoms with Crippen molar-refractivity contribution >= 4 is 15.6 Å². The molecule has 3 rings (SSSR count). The third kappa shape index (κ3) is 15.2. The molecule has 0 saturated carbocycles. The predicted molar refractivity (Wildman–Crippen MR) is 116 cm³/mol. The minimum atomic E-state index is -3.83. The Morgan fingerprint density at radius 3 is 0.588 bits per heavy atom. The minimum absolute atomic E-state index is 0.0123. The SMILES string of the molecule is O=P12OCCOCCOCCOP(=O)(OCCOCCOCCO1)OCCOCCOCCO2. The summed E-state index contributed by atoms with van der Waals surface area (Å²) in [4.78, 5) is 0. The van der Waals surface area contributed by atoms with E-state index in [0.29, 0.717) is 0 Å². The van der Waals surface area contributed by atoms with E-state index in [4.69, 9.17) is 55.6 Å². The van der Waals surface area contributed by atoms with Crippen LogP contribution in [0.2, 0.25) is 0 Å². The topological polar surface area (TPSA) is 145 Å². The first-order valence-electron chi connectivity index (χ1n) is 11.2. The van der Waals surface area contributed by atoms with Crippen LogP contribution in [0.1, 0.15) is 0 Å². The number of fused-ring (bicyclic) bond motifs is 27. The van der Waals surface area contributed by atoms with Crippen LogP contribution in [0, 0.1) is 0 Å². The molecule has 3 saturated heterocycles. The van der Waals surface area contributed by atoms with Gasteiger partial charge in [0.2, 0.25) is 0 Å². The second kappa shape index (κ2) is 19.1. The molecule has 0 aromatic carbocycles. The summed E-state index contributed by atoms with van der Waals surface area (Å²) < 4.78 is 89.9. The van der Waals surface area contributed by atoms with Crippen molar-refractivity contribution in [2.45, 2.75) is 0 Å². The normalized spacial score (nSPS) is 32.6. The number of rotatable bonds is 0. The van der Waals surface area contributed by atoms with Crippen LogP contribution in [0.25, 0.3) is 0 Å². The summed E-state index contributed by atoms with van der Waals surface area (Å²) in [5.74, 6) is 0. The van der Waals surface area contributed by atoms with Crippen LogP contribution < -0.4 is 0 Å². The lowest BCUT2D eigenvalue weighted by Crippen LogP contribution is -2.17. The third-order valence-corrected chi connectivity index (χ3v) is 6.97. The zero-order valence-electron chi connectivity index (χ0n) is 19.3. The number of ether oxygens (including phenoxy) is 6. The first-order chi connectivity index (χ1) is 16.6. The van der Waals surface area contributed by atoms with Gasteiger partial charge in [-0.05, 0) is 0 Å². The van der Waals surface area contributed by atoms with Crippen LogP contribution in [-0.2, 0) is 64.7 Å². The molecule has 0 aromatic heterocycles. The number of hydrogen-bond acceptors (Lipinski definition) is 14. The predicted octanol–water partition coefficient (Wildman–Crippen LogP) is 1.43. The monoisotopic (exact) mass is 538 g/mol. The van der Waals surface area contributed by atoms with Crippen LogP contribution in [0.15, 0.2) is 0 Å². The Morgan fingerprint density at radius 2 is 0.412 bits per heavy atom. The fraction of sp³-hybridized carbons (Fsp3) is 1.00. The molecule has 202 valence electrons. The molecule has 34 heavy (non-hydrogen) atoms. The lowest BCUT2D eigenvalue weighted by molar-refractivity contribution is -0.0112. The Kier molecular flexibility index (Phi) is 17.0. The average Bonchev–Trinajstić information content (AvgIpc) is 2.82. The highest BCUT2D eigenvalue weighted by atomic mass is 31.2. The van der Waals surface area contributed by atoms with Gasteiger partial charge in [0.05, 0.1) is 119 Å². The molecule has 0 aromatic rings. The van der Waals surface area contributed by atoms with E-state index in [1.54, 1.807) is 0 Å². The zero-order chi connectivity index (χ0) is 24.2. The maximum Gasteiger partial charge on any atom is 0.475 e. The maximum absolute atomic E-state index is 12.8. The van der Waals surface area contributed by atoms with Gasteiger partial charge in [0.15, 0.2) is 0 Å². The van der Waals surface area contributed by atoms with Crippen molar-refractivity contribution in [3.05, 3.63) is 0 Å². The summed E-state index contributed by atoms with van der Waals surface area (Å²) in [6, 6.07) is 0. The highest BCUT2D eigenvalue weighted by molar-refractivity contribution is 7.48. The Bertz CT molecular complexity index is 469. The van der Waals surface area contributed by atoms with Gasteiger partial charge in [0.25, 0.3) is 0 Å².